The molecule has 2 amide bonds. The number of amides is 2. The monoisotopic (exact) mass is 353 g/mol. The van der Waals surface area contributed by atoms with E-state index in [2.05, 4.69) is 41.4 Å². The third kappa shape index (κ3) is 4.48. The Morgan fingerprint density at radius 2 is 1.62 bits per heavy atom. The number of aryl methyl sites for hydroxylation is 1. The third-order valence-corrected chi connectivity index (χ3v) is 4.69. The highest BCUT2D eigenvalue weighted by atomic mass is 16.5. The molecule has 1 fully saturated rings. The molecule has 0 radical (unpaired) electrons. The first-order valence-corrected chi connectivity index (χ1v) is 9.32. The van der Waals surface area contributed by atoms with Gasteiger partial charge in [-0.3, -0.25) is 0 Å². The average Bonchev–Trinajstić information content (AvgIpc) is 2.70. The van der Waals surface area contributed by atoms with Crippen LogP contribution in [0.2, 0.25) is 0 Å². The second-order valence-corrected chi connectivity index (χ2v) is 6.38. The van der Waals surface area contributed by atoms with E-state index in [9.17, 15) is 4.79 Å². The van der Waals surface area contributed by atoms with Crippen LogP contribution >= 0.6 is 0 Å². The Balaban J connectivity index is 1.51. The lowest BCUT2D eigenvalue weighted by atomic mass is 10.1. The molecule has 0 unspecified atom stereocenters. The number of anilines is 2. The molecule has 5 nitrogen and oxygen atoms in total. The Kier molecular flexibility index (Phi) is 6.00. The Labute approximate surface area is 155 Å². The molecule has 1 aliphatic heterocycles. The summed E-state index contributed by atoms with van der Waals surface area (Å²) < 4.78 is 5.42. The number of benzene rings is 2. The van der Waals surface area contributed by atoms with Crippen molar-refractivity contribution in [3.8, 4) is 5.75 Å². The fourth-order valence-electron chi connectivity index (χ4n) is 3.11. The van der Waals surface area contributed by atoms with Crippen LogP contribution in [0.15, 0.2) is 48.5 Å². The first-order chi connectivity index (χ1) is 12.7. The molecule has 0 aliphatic carbocycles. The molecule has 26 heavy (non-hydrogen) atoms. The first kappa shape index (κ1) is 18.1. The van der Waals surface area contributed by atoms with Crippen LogP contribution in [0.3, 0.4) is 0 Å². The smallest absolute Gasteiger partial charge is 0.321 e. The lowest BCUT2D eigenvalue weighted by molar-refractivity contribution is 0.208. The van der Waals surface area contributed by atoms with Crippen LogP contribution in [0.5, 0.6) is 5.75 Å². The summed E-state index contributed by atoms with van der Waals surface area (Å²) in [5.74, 6) is 0.813. The Hall–Kier alpha value is -2.69. The van der Waals surface area contributed by atoms with Crippen molar-refractivity contribution in [1.82, 2.24) is 4.90 Å². The number of urea groups is 1. The van der Waals surface area contributed by atoms with Crippen molar-refractivity contribution in [2.75, 3.05) is 43.0 Å². The van der Waals surface area contributed by atoms with Gasteiger partial charge >= 0.3 is 6.03 Å². The number of ether oxygens (including phenoxy) is 1. The van der Waals surface area contributed by atoms with E-state index in [0.29, 0.717) is 6.61 Å². The van der Waals surface area contributed by atoms with Crippen LogP contribution in [0, 0.1) is 0 Å². The van der Waals surface area contributed by atoms with E-state index < -0.39 is 0 Å². The van der Waals surface area contributed by atoms with Crippen LogP contribution in [0.4, 0.5) is 16.2 Å². The number of rotatable bonds is 5. The topological polar surface area (TPSA) is 44.8 Å². The molecular weight excluding hydrogens is 326 g/mol. The predicted molar refractivity (Wildman–Crippen MR) is 106 cm³/mol. The van der Waals surface area contributed by atoms with E-state index in [1.807, 2.05) is 36.1 Å². The fraction of sp³-hybridized carbons (Fsp3) is 0.381. The Morgan fingerprint density at radius 1 is 0.962 bits per heavy atom. The lowest BCUT2D eigenvalue weighted by Crippen LogP contribution is -2.50. The highest BCUT2D eigenvalue weighted by Gasteiger charge is 2.21. The number of nitrogens with one attached hydrogen (secondary N) is 1. The van der Waals surface area contributed by atoms with Crippen molar-refractivity contribution >= 4 is 17.4 Å². The minimum atomic E-state index is -0.0462. The van der Waals surface area contributed by atoms with E-state index in [0.717, 1.165) is 44.0 Å². The number of carbonyl (C=O) groups is 1. The largest absolute Gasteiger partial charge is 0.494 e. The van der Waals surface area contributed by atoms with Gasteiger partial charge in [0.25, 0.3) is 0 Å². The summed E-state index contributed by atoms with van der Waals surface area (Å²) in [5.41, 5.74) is 3.37. The second-order valence-electron chi connectivity index (χ2n) is 6.38. The van der Waals surface area contributed by atoms with Gasteiger partial charge in [0.2, 0.25) is 0 Å². The Bertz CT molecular complexity index is 705. The van der Waals surface area contributed by atoms with Crippen LogP contribution in [0.25, 0.3) is 0 Å². The van der Waals surface area contributed by atoms with Crippen molar-refractivity contribution in [3.63, 3.8) is 0 Å². The summed E-state index contributed by atoms with van der Waals surface area (Å²) in [7, 11) is 0. The molecule has 1 N–H and O–H groups in total. The van der Waals surface area contributed by atoms with Crippen molar-refractivity contribution in [1.29, 1.82) is 0 Å². The first-order valence-electron chi connectivity index (χ1n) is 9.32. The van der Waals surface area contributed by atoms with Gasteiger partial charge in [-0.2, -0.15) is 0 Å². The van der Waals surface area contributed by atoms with E-state index in [-0.39, 0.29) is 6.03 Å². The average molecular weight is 353 g/mol. The van der Waals surface area contributed by atoms with Gasteiger partial charge in [-0.25, -0.2) is 4.79 Å². The number of hydrogen-bond donors (Lipinski definition) is 1. The summed E-state index contributed by atoms with van der Waals surface area (Å²) in [4.78, 5) is 16.7. The Morgan fingerprint density at radius 3 is 2.19 bits per heavy atom. The summed E-state index contributed by atoms with van der Waals surface area (Å²) in [6.45, 7) is 7.89. The third-order valence-electron chi connectivity index (χ3n) is 4.69. The second kappa shape index (κ2) is 8.61. The van der Waals surface area contributed by atoms with Gasteiger partial charge in [0.05, 0.1) is 6.61 Å². The summed E-state index contributed by atoms with van der Waals surface area (Å²) in [5, 5.41) is 2.96. The zero-order valence-corrected chi connectivity index (χ0v) is 15.6. The van der Waals surface area contributed by atoms with Crippen LogP contribution < -0.4 is 15.0 Å². The van der Waals surface area contributed by atoms with Crippen LogP contribution in [0.1, 0.15) is 19.4 Å². The van der Waals surface area contributed by atoms with Gasteiger partial charge in [-0.15, -0.1) is 0 Å². The molecule has 1 saturated heterocycles. The van der Waals surface area contributed by atoms with Gasteiger partial charge < -0.3 is 19.9 Å². The number of hydrogen-bond acceptors (Lipinski definition) is 3. The van der Waals surface area contributed by atoms with Gasteiger partial charge in [-0.1, -0.05) is 19.1 Å². The summed E-state index contributed by atoms with van der Waals surface area (Å²) in [6, 6.07) is 16.1. The van der Waals surface area contributed by atoms with Gasteiger partial charge in [0.1, 0.15) is 5.75 Å². The molecule has 0 atom stereocenters. The summed E-state index contributed by atoms with van der Waals surface area (Å²) in [6.07, 6.45) is 1.06. The molecule has 1 aliphatic rings. The molecule has 138 valence electrons. The number of carbonyl (C=O) groups excluding carboxylic acids is 1. The van der Waals surface area contributed by atoms with Crippen molar-refractivity contribution in [3.05, 3.63) is 54.1 Å². The number of piperazine rings is 1. The highest BCUT2D eigenvalue weighted by Crippen LogP contribution is 2.19. The maximum atomic E-state index is 12.5. The van der Waals surface area contributed by atoms with Gasteiger partial charge in [0.15, 0.2) is 0 Å². The maximum absolute atomic E-state index is 12.5. The lowest BCUT2D eigenvalue weighted by Gasteiger charge is -2.36. The quantitative estimate of drug-likeness (QED) is 0.884. The van der Waals surface area contributed by atoms with E-state index in [1.54, 1.807) is 0 Å². The zero-order chi connectivity index (χ0) is 18.4. The van der Waals surface area contributed by atoms with Gasteiger partial charge in [0, 0.05) is 37.6 Å². The van der Waals surface area contributed by atoms with E-state index >= 15 is 0 Å². The zero-order valence-electron chi connectivity index (χ0n) is 15.6. The normalized spacial score (nSPS) is 14.2. The SMILES string of the molecule is CCOc1ccc(NC(=O)N2CCN(c3ccc(CC)cc3)CC2)cc1. The fourth-order valence-corrected chi connectivity index (χ4v) is 3.11. The molecule has 5 heteroatoms. The molecule has 1 heterocycles. The van der Waals surface area contributed by atoms with Gasteiger partial charge in [-0.05, 0) is 55.3 Å². The van der Waals surface area contributed by atoms with E-state index in [4.69, 9.17) is 4.74 Å². The van der Waals surface area contributed by atoms with Crippen LogP contribution in [-0.4, -0.2) is 43.7 Å². The minimum absolute atomic E-state index is 0.0462. The van der Waals surface area contributed by atoms with Crippen molar-refractivity contribution < 1.29 is 9.53 Å². The highest BCUT2D eigenvalue weighted by molar-refractivity contribution is 5.89. The maximum Gasteiger partial charge on any atom is 0.321 e. The molecule has 0 bridgehead atoms. The molecule has 3 rings (SSSR count). The predicted octanol–water partition coefficient (Wildman–Crippen LogP) is 4.00. The summed E-state index contributed by atoms with van der Waals surface area (Å²) >= 11 is 0. The van der Waals surface area contributed by atoms with Crippen LogP contribution in [-0.2, 0) is 6.42 Å². The van der Waals surface area contributed by atoms with E-state index in [1.165, 1.54) is 11.3 Å². The molecule has 0 saturated carbocycles. The molecule has 0 spiro atoms. The van der Waals surface area contributed by atoms with Crippen molar-refractivity contribution in [2.24, 2.45) is 0 Å². The number of nitrogens with zero attached hydrogens (tertiary/aromatic N) is 2. The molecule has 2 aromatic carbocycles. The standard InChI is InChI=1S/C21H27N3O2/c1-3-17-5-9-19(10-6-17)23-13-15-24(16-14-23)21(25)22-18-7-11-20(12-8-18)26-4-2/h5-12H,3-4,13-16H2,1-2H3,(H,22,25). The van der Waals surface area contributed by atoms with Crippen molar-refractivity contribution in [2.45, 2.75) is 20.3 Å². The molecule has 2 aromatic rings. The minimum Gasteiger partial charge on any atom is -0.494 e. The molecule has 0 aromatic heterocycles. The molecular formula is C21H27N3O2.